The van der Waals surface area contributed by atoms with Crippen molar-refractivity contribution in [3.05, 3.63) is 0 Å². The minimum Gasteiger partial charge on any atom is -0.481 e. The normalized spacial score (nSPS) is 25.9. The lowest BCUT2D eigenvalue weighted by Gasteiger charge is -2.31. The number of ether oxygens (including phenoxy) is 1. The Hall–Kier alpha value is -1.52. The zero-order valence-corrected chi connectivity index (χ0v) is 21.4. The van der Waals surface area contributed by atoms with Crippen molar-refractivity contribution in [2.45, 2.75) is 117 Å². The summed E-state index contributed by atoms with van der Waals surface area (Å²) >= 11 is 0. The van der Waals surface area contributed by atoms with E-state index in [-0.39, 0.29) is 37.8 Å². The summed E-state index contributed by atoms with van der Waals surface area (Å²) in [6, 6.07) is 0. The molecule has 0 radical (unpaired) electrons. The average molecular weight is 523 g/mol. The number of halogens is 6. The largest absolute Gasteiger partial charge is 0.481 e. The van der Waals surface area contributed by atoms with Crippen LogP contribution >= 0.6 is 0 Å². The Labute approximate surface area is 203 Å². The predicted molar refractivity (Wildman–Crippen MR) is 118 cm³/mol. The molecule has 2 aliphatic carbocycles. The Morgan fingerprint density at radius 1 is 0.657 bits per heavy atom. The van der Waals surface area contributed by atoms with Crippen LogP contribution in [-0.4, -0.2) is 46.7 Å². The number of aliphatic hydroxyl groups is 1. The van der Waals surface area contributed by atoms with Gasteiger partial charge < -0.3 is 14.9 Å². The molecular formula is C24H40F6O5. The highest BCUT2D eigenvalue weighted by molar-refractivity contribution is 5.75. The number of hydrogen-bond acceptors (Lipinski definition) is 4. The van der Waals surface area contributed by atoms with E-state index in [2.05, 4.69) is 0 Å². The lowest BCUT2D eigenvalue weighted by Crippen LogP contribution is -2.34. The summed E-state index contributed by atoms with van der Waals surface area (Å²) in [5.74, 6) is -3.50. The van der Waals surface area contributed by atoms with Crippen molar-refractivity contribution in [2.75, 3.05) is 0 Å². The molecule has 2 rings (SSSR count). The number of aliphatic hydroxyl groups excluding tert-OH is 1. The summed E-state index contributed by atoms with van der Waals surface area (Å²) in [7, 11) is 0. The standard InChI is InChI=1S/C12H19F3O2.C7H11F3O.C5H10O2/c1-11(2,3)10(16)17-9-6-4-8(5-7-9)12(13,14)15;8-7(9,10)5-1-3-6(11)4-2-5;1-5(2,3)4(6)7/h8-9H,4-7H2,1-3H3;5-6,11H,1-4H2;1-3H3,(H,6,7). The first-order valence-electron chi connectivity index (χ1n) is 11.8. The van der Waals surface area contributed by atoms with Crippen LogP contribution in [0.3, 0.4) is 0 Å². The lowest BCUT2D eigenvalue weighted by molar-refractivity contribution is -0.190. The molecule has 2 N–H and O–H groups in total. The third-order valence-corrected chi connectivity index (χ3v) is 5.82. The van der Waals surface area contributed by atoms with Crippen molar-refractivity contribution in [3.8, 4) is 0 Å². The van der Waals surface area contributed by atoms with Gasteiger partial charge in [-0.3, -0.25) is 9.59 Å². The van der Waals surface area contributed by atoms with Crippen molar-refractivity contribution in [3.63, 3.8) is 0 Å². The maximum Gasteiger partial charge on any atom is 0.391 e. The topological polar surface area (TPSA) is 83.8 Å². The highest BCUT2D eigenvalue weighted by Crippen LogP contribution is 2.39. The average Bonchev–Trinajstić information content (AvgIpc) is 2.67. The monoisotopic (exact) mass is 522 g/mol. The van der Waals surface area contributed by atoms with E-state index in [1.165, 1.54) is 0 Å². The van der Waals surface area contributed by atoms with Crippen molar-refractivity contribution in [1.82, 2.24) is 0 Å². The van der Waals surface area contributed by atoms with Crippen LogP contribution in [0, 0.1) is 22.7 Å². The highest BCUT2D eigenvalue weighted by atomic mass is 19.4. The molecule has 0 aromatic carbocycles. The first kappa shape index (κ1) is 33.5. The van der Waals surface area contributed by atoms with Gasteiger partial charge in [0, 0.05) is 0 Å². The summed E-state index contributed by atoms with van der Waals surface area (Å²) in [5.41, 5.74) is -1.18. The molecule has 0 heterocycles. The number of carboxylic acids is 1. The third-order valence-electron chi connectivity index (χ3n) is 5.82. The van der Waals surface area contributed by atoms with Gasteiger partial charge in [-0.2, -0.15) is 26.3 Å². The maximum absolute atomic E-state index is 12.4. The number of rotatable bonds is 1. The minimum atomic E-state index is -4.11. The second-order valence-electron chi connectivity index (χ2n) is 11.3. The molecule has 0 saturated heterocycles. The lowest BCUT2D eigenvalue weighted by atomic mass is 9.86. The molecule has 2 aliphatic rings. The van der Waals surface area contributed by atoms with Gasteiger partial charge in [0.15, 0.2) is 0 Å². The van der Waals surface area contributed by atoms with Crippen LogP contribution in [-0.2, 0) is 14.3 Å². The van der Waals surface area contributed by atoms with Crippen molar-refractivity contribution < 1.29 is 50.9 Å². The van der Waals surface area contributed by atoms with E-state index in [4.69, 9.17) is 14.9 Å². The van der Waals surface area contributed by atoms with E-state index in [1.807, 2.05) is 0 Å². The fourth-order valence-electron chi connectivity index (χ4n) is 3.24. The van der Waals surface area contributed by atoms with Crippen LogP contribution in [0.1, 0.15) is 92.9 Å². The molecule has 35 heavy (non-hydrogen) atoms. The zero-order valence-electron chi connectivity index (χ0n) is 21.4. The summed E-state index contributed by atoms with van der Waals surface area (Å²) in [6.07, 6.45) is -7.51. The van der Waals surface area contributed by atoms with Crippen LogP contribution in [0.4, 0.5) is 26.3 Å². The van der Waals surface area contributed by atoms with E-state index in [9.17, 15) is 35.9 Å². The van der Waals surface area contributed by atoms with Gasteiger partial charge in [-0.15, -0.1) is 0 Å². The Kier molecular flexibility index (Phi) is 12.6. The molecule has 0 aliphatic heterocycles. The molecule has 0 atom stereocenters. The van der Waals surface area contributed by atoms with Gasteiger partial charge >= 0.3 is 24.3 Å². The number of alkyl halides is 6. The Balaban J connectivity index is 0.000000550. The summed E-state index contributed by atoms with van der Waals surface area (Å²) in [4.78, 5) is 21.6. The van der Waals surface area contributed by atoms with Crippen LogP contribution in [0.2, 0.25) is 0 Å². The number of aliphatic carboxylic acids is 1. The van der Waals surface area contributed by atoms with Gasteiger partial charge in [0.05, 0.1) is 28.8 Å². The van der Waals surface area contributed by atoms with Crippen molar-refractivity contribution >= 4 is 11.9 Å². The van der Waals surface area contributed by atoms with Gasteiger partial charge in [0.25, 0.3) is 0 Å². The zero-order chi connectivity index (χ0) is 27.8. The number of carbonyl (C=O) groups is 2. The Morgan fingerprint density at radius 3 is 1.23 bits per heavy atom. The van der Waals surface area contributed by atoms with Gasteiger partial charge in [-0.05, 0) is 92.9 Å². The second kappa shape index (κ2) is 13.1. The number of carboxylic acid groups (broad SMARTS) is 1. The molecule has 208 valence electrons. The van der Waals surface area contributed by atoms with Gasteiger partial charge in [0.1, 0.15) is 6.10 Å². The Morgan fingerprint density at radius 2 is 0.971 bits per heavy atom. The summed E-state index contributed by atoms with van der Waals surface area (Å²) in [6.45, 7) is 10.2. The predicted octanol–water partition coefficient (Wildman–Crippen LogP) is 6.91. The van der Waals surface area contributed by atoms with E-state index in [0.717, 1.165) is 0 Å². The van der Waals surface area contributed by atoms with Crippen LogP contribution < -0.4 is 0 Å². The van der Waals surface area contributed by atoms with Gasteiger partial charge in [-0.25, -0.2) is 0 Å². The summed E-state index contributed by atoms with van der Waals surface area (Å²) < 4.78 is 78.4. The fraction of sp³-hybridized carbons (Fsp3) is 0.917. The van der Waals surface area contributed by atoms with E-state index in [0.29, 0.717) is 25.7 Å². The smallest absolute Gasteiger partial charge is 0.391 e. The molecule has 11 heteroatoms. The molecule has 0 amide bonds. The quantitative estimate of drug-likeness (QED) is 0.289. The molecule has 2 fully saturated rings. The van der Waals surface area contributed by atoms with Crippen molar-refractivity contribution in [2.24, 2.45) is 22.7 Å². The minimum absolute atomic E-state index is 0.0611. The van der Waals surface area contributed by atoms with Crippen LogP contribution in [0.5, 0.6) is 0 Å². The first-order valence-corrected chi connectivity index (χ1v) is 11.8. The molecule has 0 aromatic rings. The SMILES string of the molecule is CC(C)(C)C(=O)O.CC(C)(C)C(=O)OC1CCC(C(F)(F)F)CC1.OC1CCC(C(F)(F)F)CC1. The third kappa shape index (κ3) is 14.0. The molecular weight excluding hydrogens is 482 g/mol. The molecule has 0 aromatic heterocycles. The van der Waals surface area contributed by atoms with Crippen molar-refractivity contribution in [1.29, 1.82) is 0 Å². The summed E-state index contributed by atoms with van der Waals surface area (Å²) in [5, 5.41) is 17.2. The fourth-order valence-corrected chi connectivity index (χ4v) is 3.24. The second-order valence-corrected chi connectivity index (χ2v) is 11.3. The number of carbonyl (C=O) groups excluding carboxylic acids is 1. The Bertz CT molecular complexity index is 645. The maximum atomic E-state index is 12.4. The van der Waals surface area contributed by atoms with Crippen LogP contribution in [0.15, 0.2) is 0 Å². The molecule has 0 bridgehead atoms. The molecule has 5 nitrogen and oxygen atoms in total. The van der Waals surface area contributed by atoms with E-state index >= 15 is 0 Å². The highest BCUT2D eigenvalue weighted by Gasteiger charge is 2.42. The molecule has 0 spiro atoms. The molecule has 0 unspecified atom stereocenters. The first-order chi connectivity index (χ1) is 15.5. The van der Waals surface area contributed by atoms with Crippen LogP contribution in [0.25, 0.3) is 0 Å². The van der Waals surface area contributed by atoms with E-state index in [1.54, 1.807) is 41.5 Å². The van der Waals surface area contributed by atoms with Gasteiger partial charge in [-0.1, -0.05) is 0 Å². The molecule has 2 saturated carbocycles. The number of esters is 1. The van der Waals surface area contributed by atoms with Gasteiger partial charge in [0.2, 0.25) is 0 Å². The van der Waals surface area contributed by atoms with E-state index < -0.39 is 47.1 Å². The number of hydrogen-bond donors (Lipinski definition) is 2.